The van der Waals surface area contributed by atoms with Gasteiger partial charge >= 0.3 is 5.97 Å². The first-order valence-corrected chi connectivity index (χ1v) is 11.1. The van der Waals surface area contributed by atoms with Gasteiger partial charge in [0.2, 0.25) is 5.91 Å². The summed E-state index contributed by atoms with van der Waals surface area (Å²) in [5.74, 6) is 0.0264. The summed E-state index contributed by atoms with van der Waals surface area (Å²) < 4.78 is 4.91. The molecule has 2 atom stereocenters. The van der Waals surface area contributed by atoms with Gasteiger partial charge in [0.25, 0.3) is 0 Å². The largest absolute Gasteiger partial charge is 0.466 e. The van der Waals surface area contributed by atoms with Crippen LogP contribution in [0.2, 0.25) is 0 Å². The molecule has 1 aliphatic rings. The molecule has 0 aliphatic carbocycles. The van der Waals surface area contributed by atoms with Gasteiger partial charge < -0.3 is 14.7 Å². The van der Waals surface area contributed by atoms with E-state index in [1.165, 1.54) is 0 Å². The maximum atomic E-state index is 12.4. The van der Waals surface area contributed by atoms with Crippen molar-refractivity contribution >= 4 is 17.7 Å². The Morgan fingerprint density at radius 3 is 2.54 bits per heavy atom. The quantitative estimate of drug-likeness (QED) is 0.336. The lowest BCUT2D eigenvalue weighted by atomic mass is 9.94. The minimum absolute atomic E-state index is 0.0349. The van der Waals surface area contributed by atoms with E-state index in [-0.39, 0.29) is 23.7 Å². The van der Waals surface area contributed by atoms with Crippen LogP contribution in [-0.2, 0) is 19.1 Å². The summed E-state index contributed by atoms with van der Waals surface area (Å²) in [7, 11) is 0. The molecule has 0 aromatic carbocycles. The fourth-order valence-electron chi connectivity index (χ4n) is 3.74. The van der Waals surface area contributed by atoms with Crippen molar-refractivity contribution in [1.29, 1.82) is 0 Å². The first-order valence-electron chi connectivity index (χ1n) is 11.1. The molecule has 0 radical (unpaired) electrons. The molecule has 2 unspecified atom stereocenters. The third-order valence-corrected chi connectivity index (χ3v) is 5.41. The fraction of sp³-hybridized carbons (Fsp3) is 0.864. The Morgan fingerprint density at radius 2 is 1.82 bits per heavy atom. The van der Waals surface area contributed by atoms with Crippen molar-refractivity contribution in [2.24, 2.45) is 0 Å². The number of aliphatic hydroxyl groups excluding tert-OH is 1. The van der Waals surface area contributed by atoms with Gasteiger partial charge in [0.15, 0.2) is 5.78 Å². The maximum absolute atomic E-state index is 12.4. The summed E-state index contributed by atoms with van der Waals surface area (Å²) in [5, 5.41) is 10.1. The maximum Gasteiger partial charge on any atom is 0.305 e. The Balaban J connectivity index is 2.35. The van der Waals surface area contributed by atoms with Crippen molar-refractivity contribution in [3.05, 3.63) is 0 Å². The van der Waals surface area contributed by atoms with Gasteiger partial charge in [-0.1, -0.05) is 45.4 Å². The molecule has 1 heterocycles. The molecular formula is C22H39NO5. The third kappa shape index (κ3) is 9.67. The highest BCUT2D eigenvalue weighted by Gasteiger charge is 2.33. The molecule has 28 heavy (non-hydrogen) atoms. The Bertz CT molecular complexity index is 480. The van der Waals surface area contributed by atoms with E-state index in [1.54, 1.807) is 11.8 Å². The topological polar surface area (TPSA) is 83.9 Å². The van der Waals surface area contributed by atoms with Gasteiger partial charge in [-0.3, -0.25) is 14.4 Å². The van der Waals surface area contributed by atoms with E-state index in [4.69, 9.17) is 4.74 Å². The summed E-state index contributed by atoms with van der Waals surface area (Å²) in [6, 6.07) is -0.339. The summed E-state index contributed by atoms with van der Waals surface area (Å²) >= 11 is 0. The predicted octanol–water partition coefficient (Wildman–Crippen LogP) is 3.78. The van der Waals surface area contributed by atoms with E-state index in [9.17, 15) is 19.5 Å². The molecule has 1 rings (SSSR count). The number of carbonyl (C=O) groups excluding carboxylic acids is 3. The van der Waals surface area contributed by atoms with Gasteiger partial charge in [-0.05, 0) is 32.6 Å². The van der Waals surface area contributed by atoms with Crippen LogP contribution in [0.5, 0.6) is 0 Å². The molecule has 1 fully saturated rings. The van der Waals surface area contributed by atoms with E-state index in [0.29, 0.717) is 45.3 Å². The molecule has 6 nitrogen and oxygen atoms in total. The zero-order valence-electron chi connectivity index (χ0n) is 17.8. The van der Waals surface area contributed by atoms with Gasteiger partial charge in [0, 0.05) is 25.8 Å². The molecule has 0 aromatic heterocycles. The smallest absolute Gasteiger partial charge is 0.305 e. The first-order chi connectivity index (χ1) is 13.5. The van der Waals surface area contributed by atoms with E-state index < -0.39 is 6.10 Å². The number of unbranched alkanes of at least 4 members (excludes halogenated alkanes) is 5. The predicted molar refractivity (Wildman–Crippen MR) is 109 cm³/mol. The summed E-state index contributed by atoms with van der Waals surface area (Å²) in [4.78, 5) is 37.7. The van der Waals surface area contributed by atoms with Crippen LogP contribution in [0.25, 0.3) is 0 Å². The molecule has 0 bridgehead atoms. The number of hydrogen-bond donors (Lipinski definition) is 1. The van der Waals surface area contributed by atoms with Crippen LogP contribution in [0.15, 0.2) is 0 Å². The number of carbonyl (C=O) groups is 3. The lowest BCUT2D eigenvalue weighted by Gasteiger charge is -2.35. The molecule has 6 heteroatoms. The fourth-order valence-corrected chi connectivity index (χ4v) is 3.74. The molecule has 162 valence electrons. The minimum Gasteiger partial charge on any atom is -0.466 e. The summed E-state index contributed by atoms with van der Waals surface area (Å²) in [5.41, 5.74) is 0. The van der Waals surface area contributed by atoms with Crippen LogP contribution >= 0.6 is 0 Å². The van der Waals surface area contributed by atoms with Crippen molar-refractivity contribution in [2.75, 3.05) is 13.2 Å². The molecule has 0 aromatic rings. The molecule has 0 spiro atoms. The van der Waals surface area contributed by atoms with Gasteiger partial charge in [-0.15, -0.1) is 0 Å². The van der Waals surface area contributed by atoms with E-state index in [0.717, 1.165) is 51.4 Å². The Kier molecular flexibility index (Phi) is 12.8. The van der Waals surface area contributed by atoms with Crippen molar-refractivity contribution in [2.45, 2.75) is 109 Å². The highest BCUT2D eigenvalue weighted by atomic mass is 16.5. The zero-order valence-corrected chi connectivity index (χ0v) is 17.8. The second-order valence-electron chi connectivity index (χ2n) is 7.77. The number of ether oxygens (including phenoxy) is 1. The number of hydrogen-bond acceptors (Lipinski definition) is 5. The molecule has 0 saturated carbocycles. The standard InChI is InChI=1S/C22H39NO5/c1-3-5-8-11-18(24)16-17-23-19(20(25)14-15-21(23)26)12-9-6-7-10-13-22(27)28-4-2/h18-19,24H,3-17H2,1-2H3. The van der Waals surface area contributed by atoms with Gasteiger partial charge in [-0.2, -0.15) is 0 Å². The van der Waals surface area contributed by atoms with Crippen LogP contribution in [-0.4, -0.2) is 53.0 Å². The zero-order chi connectivity index (χ0) is 20.8. The number of rotatable bonds is 15. The summed E-state index contributed by atoms with van der Waals surface area (Å²) in [6.45, 7) is 4.81. The number of aliphatic hydroxyl groups is 1. The first kappa shape index (κ1) is 24.6. The average Bonchev–Trinajstić information content (AvgIpc) is 2.66. The number of ketones is 1. The van der Waals surface area contributed by atoms with Crippen molar-refractivity contribution in [3.63, 3.8) is 0 Å². The molecule has 1 amide bonds. The monoisotopic (exact) mass is 397 g/mol. The number of nitrogens with zero attached hydrogens (tertiary/aromatic N) is 1. The van der Waals surface area contributed by atoms with E-state index in [1.807, 2.05) is 0 Å². The minimum atomic E-state index is -0.403. The van der Waals surface area contributed by atoms with Crippen molar-refractivity contribution < 1.29 is 24.2 Å². The van der Waals surface area contributed by atoms with Gasteiger partial charge in [-0.25, -0.2) is 0 Å². The Labute approximate surface area is 170 Å². The van der Waals surface area contributed by atoms with Crippen LogP contribution < -0.4 is 0 Å². The van der Waals surface area contributed by atoms with Gasteiger partial charge in [0.1, 0.15) is 0 Å². The lowest BCUT2D eigenvalue weighted by molar-refractivity contribution is -0.145. The Morgan fingerprint density at radius 1 is 1.07 bits per heavy atom. The summed E-state index contributed by atoms with van der Waals surface area (Å²) in [6.07, 6.45) is 9.38. The van der Waals surface area contributed by atoms with Crippen molar-refractivity contribution in [1.82, 2.24) is 4.90 Å². The highest BCUT2D eigenvalue weighted by molar-refractivity contribution is 5.95. The van der Waals surface area contributed by atoms with Crippen LogP contribution in [0, 0.1) is 0 Å². The van der Waals surface area contributed by atoms with Crippen molar-refractivity contribution in [3.8, 4) is 0 Å². The van der Waals surface area contributed by atoms with E-state index in [2.05, 4.69) is 6.92 Å². The lowest BCUT2D eigenvalue weighted by Crippen LogP contribution is -2.49. The normalized spacial score (nSPS) is 18.4. The molecule has 1 aliphatic heterocycles. The second kappa shape index (κ2) is 14.6. The van der Waals surface area contributed by atoms with Crippen LogP contribution in [0.4, 0.5) is 0 Å². The number of piperidine rings is 1. The molecular weight excluding hydrogens is 358 g/mol. The number of Topliss-reactive ketones (excluding diaryl/α,β-unsaturated/α-hetero) is 1. The molecule has 1 saturated heterocycles. The van der Waals surface area contributed by atoms with Crippen LogP contribution in [0.1, 0.15) is 97.3 Å². The van der Waals surface area contributed by atoms with E-state index >= 15 is 0 Å². The van der Waals surface area contributed by atoms with Crippen LogP contribution in [0.3, 0.4) is 0 Å². The average molecular weight is 398 g/mol. The molecule has 1 N–H and O–H groups in total. The second-order valence-corrected chi connectivity index (χ2v) is 7.77. The third-order valence-electron chi connectivity index (χ3n) is 5.41. The number of esters is 1. The Hall–Kier alpha value is -1.43. The highest BCUT2D eigenvalue weighted by Crippen LogP contribution is 2.22. The number of likely N-dealkylation sites (tertiary alicyclic amines) is 1. The van der Waals surface area contributed by atoms with Gasteiger partial charge in [0.05, 0.1) is 18.8 Å². The number of amides is 1. The SMILES string of the molecule is CCCCCC(O)CCN1C(=O)CCC(=O)C1CCCCCCC(=O)OCC.